The fourth-order valence-corrected chi connectivity index (χ4v) is 1.77. The van der Waals surface area contributed by atoms with Crippen molar-refractivity contribution in [3.8, 4) is 0 Å². The van der Waals surface area contributed by atoms with Crippen LogP contribution in [0.3, 0.4) is 0 Å². The van der Waals surface area contributed by atoms with E-state index in [0.717, 1.165) is 5.56 Å². The zero-order valence-electron chi connectivity index (χ0n) is 10.1. The Labute approximate surface area is 96.6 Å². The maximum atomic E-state index is 11.3. The van der Waals surface area contributed by atoms with E-state index in [-0.39, 0.29) is 17.9 Å². The van der Waals surface area contributed by atoms with Gasteiger partial charge in [0.25, 0.3) is 0 Å². The van der Waals surface area contributed by atoms with Gasteiger partial charge >= 0.3 is 5.97 Å². The number of ether oxygens (including phenoxy) is 1. The van der Waals surface area contributed by atoms with E-state index in [1.165, 1.54) is 12.7 Å². The number of carbonyl (C=O) groups is 1. The van der Waals surface area contributed by atoms with Crippen molar-refractivity contribution in [1.29, 1.82) is 0 Å². The predicted molar refractivity (Wildman–Crippen MR) is 64.2 cm³/mol. The Kier molecular flexibility index (Phi) is 4.50. The topological polar surface area (TPSA) is 52.3 Å². The molecule has 88 valence electrons. The van der Waals surface area contributed by atoms with Gasteiger partial charge in [-0.05, 0) is 19.4 Å². The molecule has 3 heteroatoms. The van der Waals surface area contributed by atoms with Gasteiger partial charge in [0.1, 0.15) is 0 Å². The summed E-state index contributed by atoms with van der Waals surface area (Å²) in [4.78, 5) is 11.3. The molecule has 0 aliphatic carbocycles. The van der Waals surface area contributed by atoms with Crippen LogP contribution < -0.4 is 5.73 Å². The van der Waals surface area contributed by atoms with Crippen molar-refractivity contribution in [2.45, 2.75) is 32.2 Å². The third-order valence-corrected chi connectivity index (χ3v) is 2.72. The van der Waals surface area contributed by atoms with Gasteiger partial charge in [0.2, 0.25) is 0 Å². The van der Waals surface area contributed by atoms with E-state index >= 15 is 0 Å². The number of esters is 1. The first-order chi connectivity index (χ1) is 7.54. The van der Waals surface area contributed by atoms with Crippen LogP contribution in [0.2, 0.25) is 0 Å². The highest BCUT2D eigenvalue weighted by Gasteiger charge is 2.20. The highest BCUT2D eigenvalue weighted by molar-refractivity contribution is 5.70. The molecule has 0 radical (unpaired) electrons. The largest absolute Gasteiger partial charge is 0.469 e. The van der Waals surface area contributed by atoms with E-state index in [1.807, 2.05) is 32.0 Å². The van der Waals surface area contributed by atoms with Crippen molar-refractivity contribution < 1.29 is 9.53 Å². The maximum absolute atomic E-state index is 11.3. The lowest BCUT2D eigenvalue weighted by Crippen LogP contribution is -2.27. The zero-order chi connectivity index (χ0) is 12.1. The molecule has 1 aromatic carbocycles. The number of hydrogen-bond donors (Lipinski definition) is 1. The Bertz CT molecular complexity index is 361. The Morgan fingerprint density at radius 1 is 1.50 bits per heavy atom. The summed E-state index contributed by atoms with van der Waals surface area (Å²) in [6.07, 6.45) is 0.331. The van der Waals surface area contributed by atoms with Gasteiger partial charge in [0, 0.05) is 12.0 Å². The fourth-order valence-electron chi connectivity index (χ4n) is 1.77. The van der Waals surface area contributed by atoms with E-state index in [9.17, 15) is 4.79 Å². The van der Waals surface area contributed by atoms with E-state index in [1.54, 1.807) is 0 Å². The minimum atomic E-state index is -0.219. The SMILES string of the molecule is COC(=O)CC(c1cccc(C)c1)C(C)N. The van der Waals surface area contributed by atoms with E-state index in [0.29, 0.717) is 6.42 Å². The molecule has 2 unspecified atom stereocenters. The number of benzene rings is 1. The fraction of sp³-hybridized carbons (Fsp3) is 0.462. The summed E-state index contributed by atoms with van der Waals surface area (Å²) in [7, 11) is 1.40. The molecule has 0 spiro atoms. The van der Waals surface area contributed by atoms with Crippen LogP contribution in [0.1, 0.15) is 30.4 Å². The van der Waals surface area contributed by atoms with Crippen LogP contribution in [-0.4, -0.2) is 19.1 Å². The zero-order valence-corrected chi connectivity index (χ0v) is 10.1. The lowest BCUT2D eigenvalue weighted by atomic mass is 9.89. The number of aryl methyl sites for hydroxylation is 1. The number of rotatable bonds is 4. The van der Waals surface area contributed by atoms with Gasteiger partial charge in [0.05, 0.1) is 13.5 Å². The minimum Gasteiger partial charge on any atom is -0.469 e. The van der Waals surface area contributed by atoms with E-state index < -0.39 is 0 Å². The molecule has 0 heterocycles. The van der Waals surface area contributed by atoms with Crippen LogP contribution in [0.4, 0.5) is 0 Å². The standard InChI is InChI=1S/C13H19NO2/c1-9-5-4-6-11(7-9)12(10(2)14)8-13(15)16-3/h4-7,10,12H,8,14H2,1-3H3. The smallest absolute Gasteiger partial charge is 0.306 e. The summed E-state index contributed by atoms with van der Waals surface area (Å²) >= 11 is 0. The van der Waals surface area contributed by atoms with Crippen molar-refractivity contribution in [2.75, 3.05) is 7.11 Å². The molecular formula is C13H19NO2. The van der Waals surface area contributed by atoms with Crippen molar-refractivity contribution >= 4 is 5.97 Å². The van der Waals surface area contributed by atoms with Gasteiger partial charge < -0.3 is 10.5 Å². The third kappa shape index (κ3) is 3.35. The van der Waals surface area contributed by atoms with Gasteiger partial charge in [-0.1, -0.05) is 29.8 Å². The lowest BCUT2D eigenvalue weighted by Gasteiger charge is -2.20. The van der Waals surface area contributed by atoms with Gasteiger partial charge in [0.15, 0.2) is 0 Å². The number of methoxy groups -OCH3 is 1. The van der Waals surface area contributed by atoms with Crippen LogP contribution >= 0.6 is 0 Å². The van der Waals surface area contributed by atoms with Crippen LogP contribution in [0.5, 0.6) is 0 Å². The maximum Gasteiger partial charge on any atom is 0.306 e. The molecular weight excluding hydrogens is 202 g/mol. The van der Waals surface area contributed by atoms with E-state index in [2.05, 4.69) is 10.8 Å². The molecule has 0 fully saturated rings. The van der Waals surface area contributed by atoms with Crippen molar-refractivity contribution in [3.05, 3.63) is 35.4 Å². The van der Waals surface area contributed by atoms with Gasteiger partial charge in [-0.15, -0.1) is 0 Å². The lowest BCUT2D eigenvalue weighted by molar-refractivity contribution is -0.141. The quantitative estimate of drug-likeness (QED) is 0.791. The molecule has 0 amide bonds. The number of carbonyl (C=O) groups excluding carboxylic acids is 1. The first-order valence-corrected chi connectivity index (χ1v) is 5.43. The molecule has 0 aliphatic heterocycles. The summed E-state index contributed by atoms with van der Waals surface area (Å²) in [5, 5.41) is 0. The monoisotopic (exact) mass is 221 g/mol. The second kappa shape index (κ2) is 5.66. The molecule has 1 rings (SSSR count). The van der Waals surface area contributed by atoms with Gasteiger partial charge in [-0.2, -0.15) is 0 Å². The minimum absolute atomic E-state index is 0.0207. The molecule has 2 atom stereocenters. The molecule has 0 aromatic heterocycles. The van der Waals surface area contributed by atoms with Crippen molar-refractivity contribution in [2.24, 2.45) is 5.73 Å². The van der Waals surface area contributed by atoms with Crippen LogP contribution in [0.25, 0.3) is 0 Å². The van der Waals surface area contributed by atoms with E-state index in [4.69, 9.17) is 5.73 Å². The molecule has 0 bridgehead atoms. The van der Waals surface area contributed by atoms with Gasteiger partial charge in [-0.25, -0.2) is 0 Å². The summed E-state index contributed by atoms with van der Waals surface area (Å²) in [5.74, 6) is -0.198. The van der Waals surface area contributed by atoms with Gasteiger partial charge in [-0.3, -0.25) is 4.79 Å². The van der Waals surface area contributed by atoms with Crippen molar-refractivity contribution in [1.82, 2.24) is 0 Å². The first-order valence-electron chi connectivity index (χ1n) is 5.43. The molecule has 16 heavy (non-hydrogen) atoms. The summed E-state index contributed by atoms with van der Waals surface area (Å²) < 4.78 is 4.69. The van der Waals surface area contributed by atoms with Crippen LogP contribution in [0.15, 0.2) is 24.3 Å². The Morgan fingerprint density at radius 3 is 2.69 bits per heavy atom. The highest BCUT2D eigenvalue weighted by atomic mass is 16.5. The molecule has 0 aliphatic rings. The highest BCUT2D eigenvalue weighted by Crippen LogP contribution is 2.23. The number of hydrogen-bond acceptors (Lipinski definition) is 3. The molecule has 0 saturated heterocycles. The predicted octanol–water partition coefficient (Wildman–Crippen LogP) is 1.99. The number of nitrogens with two attached hydrogens (primary N) is 1. The van der Waals surface area contributed by atoms with Crippen LogP contribution in [-0.2, 0) is 9.53 Å². The third-order valence-electron chi connectivity index (χ3n) is 2.72. The average Bonchev–Trinajstić information content (AvgIpc) is 2.25. The van der Waals surface area contributed by atoms with Crippen LogP contribution in [0, 0.1) is 6.92 Å². The second-order valence-corrected chi connectivity index (χ2v) is 4.16. The first kappa shape index (κ1) is 12.7. The molecule has 3 nitrogen and oxygen atoms in total. The normalized spacial score (nSPS) is 14.2. The molecule has 1 aromatic rings. The summed E-state index contributed by atoms with van der Waals surface area (Å²) in [6, 6.07) is 8.01. The summed E-state index contributed by atoms with van der Waals surface area (Å²) in [5.41, 5.74) is 8.19. The molecule has 2 N–H and O–H groups in total. The average molecular weight is 221 g/mol. The summed E-state index contributed by atoms with van der Waals surface area (Å²) in [6.45, 7) is 3.94. The molecule has 0 saturated carbocycles. The van der Waals surface area contributed by atoms with Crippen molar-refractivity contribution in [3.63, 3.8) is 0 Å². The Morgan fingerprint density at radius 2 is 2.19 bits per heavy atom. The Hall–Kier alpha value is -1.35. The second-order valence-electron chi connectivity index (χ2n) is 4.16. The Balaban J connectivity index is 2.89.